The van der Waals surface area contributed by atoms with Crippen LogP contribution in [0.3, 0.4) is 0 Å². The Morgan fingerprint density at radius 3 is 2.60 bits per heavy atom. The molecule has 2 aliphatic heterocycles. The summed E-state index contributed by atoms with van der Waals surface area (Å²) in [6.07, 6.45) is 8.22. The predicted octanol–water partition coefficient (Wildman–Crippen LogP) is 4.33. The van der Waals surface area contributed by atoms with Gasteiger partial charge in [0.1, 0.15) is 5.82 Å². The molecular formula is C29H34N4O2. The molecule has 0 saturated carbocycles. The normalized spacial score (nSPS) is 19.9. The molecule has 2 aromatic carbocycles. The maximum absolute atomic E-state index is 13.9. The zero-order chi connectivity index (χ0) is 24.2. The average Bonchev–Trinajstić information content (AvgIpc) is 3.44. The highest BCUT2D eigenvalue weighted by molar-refractivity contribution is 5.96. The van der Waals surface area contributed by atoms with Gasteiger partial charge in [0.15, 0.2) is 0 Å². The van der Waals surface area contributed by atoms with Gasteiger partial charge in [-0.15, -0.1) is 0 Å². The van der Waals surface area contributed by atoms with Crippen LogP contribution in [0.2, 0.25) is 0 Å². The molecule has 0 unspecified atom stereocenters. The molecular weight excluding hydrogens is 436 g/mol. The fourth-order valence-electron chi connectivity index (χ4n) is 5.63. The molecule has 3 aromatic rings. The van der Waals surface area contributed by atoms with Crippen LogP contribution in [0.5, 0.6) is 0 Å². The van der Waals surface area contributed by atoms with E-state index in [1.54, 1.807) is 6.20 Å². The fourth-order valence-corrected chi connectivity index (χ4v) is 5.63. The van der Waals surface area contributed by atoms with Crippen molar-refractivity contribution < 1.29 is 9.59 Å². The molecule has 6 heteroatoms. The maximum Gasteiger partial charge on any atom is 0.254 e. The third kappa shape index (κ3) is 5.16. The highest BCUT2D eigenvalue weighted by Gasteiger charge is 2.41. The molecule has 0 radical (unpaired) electrons. The topological polar surface area (TPSA) is 58.4 Å². The summed E-state index contributed by atoms with van der Waals surface area (Å²) < 4.78 is 2.07. The van der Waals surface area contributed by atoms with Crippen molar-refractivity contribution in [3.8, 4) is 0 Å². The monoisotopic (exact) mass is 470 g/mol. The van der Waals surface area contributed by atoms with Gasteiger partial charge in [-0.3, -0.25) is 9.59 Å². The minimum Gasteiger partial charge on any atom is -0.340 e. The molecule has 2 aliphatic rings. The van der Waals surface area contributed by atoms with Crippen molar-refractivity contribution in [2.24, 2.45) is 5.92 Å². The van der Waals surface area contributed by atoms with Crippen LogP contribution in [0.4, 0.5) is 0 Å². The highest BCUT2D eigenvalue weighted by Crippen LogP contribution is 2.32. The molecule has 35 heavy (non-hydrogen) atoms. The Balaban J connectivity index is 1.31. The molecule has 6 nitrogen and oxygen atoms in total. The van der Waals surface area contributed by atoms with E-state index in [4.69, 9.17) is 0 Å². The Morgan fingerprint density at radius 1 is 1.00 bits per heavy atom. The number of benzene rings is 2. The fraction of sp³-hybridized carbons (Fsp3) is 0.414. The summed E-state index contributed by atoms with van der Waals surface area (Å²) in [6.45, 7) is 4.76. The summed E-state index contributed by atoms with van der Waals surface area (Å²) >= 11 is 0. The Hall–Kier alpha value is -3.41. The summed E-state index contributed by atoms with van der Waals surface area (Å²) in [6, 6.07) is 18.2. The zero-order valence-electron chi connectivity index (χ0n) is 20.5. The minimum atomic E-state index is 0.0914. The van der Waals surface area contributed by atoms with Crippen molar-refractivity contribution in [3.63, 3.8) is 0 Å². The molecule has 0 aliphatic carbocycles. The number of rotatable bonds is 6. The predicted molar refractivity (Wildman–Crippen MR) is 136 cm³/mol. The lowest BCUT2D eigenvalue weighted by Crippen LogP contribution is -2.45. The van der Waals surface area contributed by atoms with Gasteiger partial charge >= 0.3 is 0 Å². The molecule has 0 spiro atoms. The van der Waals surface area contributed by atoms with Crippen molar-refractivity contribution in [2.45, 2.75) is 51.6 Å². The van der Waals surface area contributed by atoms with Crippen LogP contribution in [0.1, 0.15) is 53.0 Å². The van der Waals surface area contributed by atoms with Crippen molar-refractivity contribution in [1.82, 2.24) is 19.4 Å². The quantitative estimate of drug-likeness (QED) is 0.539. The maximum atomic E-state index is 13.9. The number of nitrogens with zero attached hydrogens (tertiary/aromatic N) is 4. The number of carbonyl (C=O) groups is 2. The molecule has 2 amide bonds. The number of fused-ring (bicyclic) bond motifs is 1. The molecule has 5 rings (SSSR count). The second-order valence-electron chi connectivity index (χ2n) is 9.87. The number of carbonyl (C=O) groups excluding carboxylic acids is 2. The van der Waals surface area contributed by atoms with E-state index in [2.05, 4.69) is 26.6 Å². The molecule has 0 N–H and O–H groups in total. The van der Waals surface area contributed by atoms with Crippen LogP contribution >= 0.6 is 0 Å². The number of likely N-dealkylation sites (tertiary alicyclic amines) is 2. The van der Waals surface area contributed by atoms with E-state index < -0.39 is 0 Å². The third-order valence-corrected chi connectivity index (χ3v) is 7.63. The van der Waals surface area contributed by atoms with Gasteiger partial charge in [0.2, 0.25) is 5.91 Å². The van der Waals surface area contributed by atoms with Crippen molar-refractivity contribution in [3.05, 3.63) is 89.5 Å². The molecule has 0 bridgehead atoms. The van der Waals surface area contributed by atoms with Crippen LogP contribution in [-0.2, 0) is 17.8 Å². The van der Waals surface area contributed by atoms with Crippen LogP contribution in [0.25, 0.3) is 0 Å². The molecule has 182 valence electrons. The summed E-state index contributed by atoms with van der Waals surface area (Å²) in [7, 11) is 0. The first-order valence-electron chi connectivity index (χ1n) is 12.8. The number of hydrogen-bond donors (Lipinski definition) is 0. The average molecular weight is 471 g/mol. The van der Waals surface area contributed by atoms with E-state index in [9.17, 15) is 9.59 Å². The Morgan fingerprint density at radius 2 is 1.80 bits per heavy atom. The number of imidazole rings is 1. The van der Waals surface area contributed by atoms with Crippen LogP contribution in [0.15, 0.2) is 67.0 Å². The van der Waals surface area contributed by atoms with Gasteiger partial charge in [0.25, 0.3) is 5.91 Å². The SMILES string of the molecule is Cc1nccn1Cc1ccccc1C(=O)N1CCCC[C@H]2CN(C(=O)CCc3ccccc3)C[C@H]21. The highest BCUT2D eigenvalue weighted by atomic mass is 16.2. The van der Waals surface area contributed by atoms with Gasteiger partial charge < -0.3 is 14.4 Å². The molecule has 2 atom stereocenters. The lowest BCUT2D eigenvalue weighted by Gasteiger charge is -2.31. The first-order valence-corrected chi connectivity index (χ1v) is 12.8. The first-order chi connectivity index (χ1) is 17.1. The standard InChI is InChI=1S/C29H34N4O2/c1-22-30-16-18-31(22)19-24-11-5-6-13-26(24)29(35)33-17-8-7-12-25-20-32(21-27(25)33)28(34)15-14-23-9-3-2-4-10-23/h2-6,9-11,13,16,18,25,27H,7-8,12,14-15,17,19-21H2,1H3/t25-,27+/m0/s1. The second kappa shape index (κ2) is 10.5. The van der Waals surface area contributed by atoms with Gasteiger partial charge in [0, 0.05) is 50.6 Å². The number of hydrogen-bond acceptors (Lipinski definition) is 3. The van der Waals surface area contributed by atoms with Crippen LogP contribution < -0.4 is 0 Å². The molecule has 3 heterocycles. The Labute approximate surface area is 207 Å². The molecule has 2 fully saturated rings. The van der Waals surface area contributed by atoms with E-state index in [-0.39, 0.29) is 17.9 Å². The first kappa shape index (κ1) is 23.3. The smallest absolute Gasteiger partial charge is 0.254 e. The Kier molecular flexibility index (Phi) is 6.98. The lowest BCUT2D eigenvalue weighted by atomic mass is 9.97. The van der Waals surface area contributed by atoms with Crippen molar-refractivity contribution in [2.75, 3.05) is 19.6 Å². The molecule has 1 aromatic heterocycles. The van der Waals surface area contributed by atoms with Gasteiger partial charge in [-0.1, -0.05) is 55.0 Å². The Bertz CT molecular complexity index is 1170. The van der Waals surface area contributed by atoms with Gasteiger partial charge in [-0.25, -0.2) is 4.98 Å². The largest absolute Gasteiger partial charge is 0.340 e. The van der Waals surface area contributed by atoms with E-state index in [1.165, 1.54) is 5.56 Å². The van der Waals surface area contributed by atoms with E-state index in [0.717, 1.165) is 55.7 Å². The van der Waals surface area contributed by atoms with E-state index in [1.807, 2.05) is 60.5 Å². The third-order valence-electron chi connectivity index (χ3n) is 7.63. The lowest BCUT2D eigenvalue weighted by molar-refractivity contribution is -0.130. The summed E-state index contributed by atoms with van der Waals surface area (Å²) in [5.41, 5.74) is 2.96. The van der Waals surface area contributed by atoms with Crippen molar-refractivity contribution in [1.29, 1.82) is 0 Å². The van der Waals surface area contributed by atoms with E-state index in [0.29, 0.717) is 25.4 Å². The summed E-state index contributed by atoms with van der Waals surface area (Å²) in [5, 5.41) is 0. The second-order valence-corrected chi connectivity index (χ2v) is 9.87. The molecule has 2 saturated heterocycles. The van der Waals surface area contributed by atoms with Crippen molar-refractivity contribution >= 4 is 11.8 Å². The zero-order valence-corrected chi connectivity index (χ0v) is 20.5. The number of aryl methyl sites for hydroxylation is 2. The van der Waals surface area contributed by atoms with Gasteiger partial charge in [-0.2, -0.15) is 0 Å². The summed E-state index contributed by atoms with van der Waals surface area (Å²) in [4.78, 5) is 35.4. The number of amides is 2. The summed E-state index contributed by atoms with van der Waals surface area (Å²) in [5.74, 6) is 1.58. The van der Waals surface area contributed by atoms with E-state index >= 15 is 0 Å². The van der Waals surface area contributed by atoms with Crippen LogP contribution in [-0.4, -0.2) is 56.8 Å². The van der Waals surface area contributed by atoms with Gasteiger partial charge in [0.05, 0.1) is 6.04 Å². The van der Waals surface area contributed by atoms with Crippen LogP contribution in [0, 0.1) is 12.8 Å². The minimum absolute atomic E-state index is 0.0914. The number of aromatic nitrogens is 2. The van der Waals surface area contributed by atoms with Gasteiger partial charge in [-0.05, 0) is 49.3 Å².